The van der Waals surface area contributed by atoms with Gasteiger partial charge in [-0.05, 0) is 38.1 Å². The summed E-state index contributed by atoms with van der Waals surface area (Å²) < 4.78 is 5.55. The van der Waals surface area contributed by atoms with Gasteiger partial charge >= 0.3 is 0 Å². The molecule has 0 aromatic rings. The molecule has 100 valence electrons. The van der Waals surface area contributed by atoms with Gasteiger partial charge in [-0.3, -0.25) is 0 Å². The van der Waals surface area contributed by atoms with Crippen molar-refractivity contribution < 1.29 is 4.74 Å². The van der Waals surface area contributed by atoms with E-state index >= 15 is 0 Å². The van der Waals surface area contributed by atoms with Crippen molar-refractivity contribution >= 4 is 0 Å². The van der Waals surface area contributed by atoms with E-state index in [1.165, 1.54) is 44.9 Å². The Morgan fingerprint density at radius 3 is 2.41 bits per heavy atom. The summed E-state index contributed by atoms with van der Waals surface area (Å²) in [4.78, 5) is 0. The number of ether oxygens (including phenoxy) is 1. The van der Waals surface area contributed by atoms with Gasteiger partial charge in [-0.1, -0.05) is 32.6 Å². The zero-order valence-electron chi connectivity index (χ0n) is 11.6. The highest BCUT2D eigenvalue weighted by Crippen LogP contribution is 2.36. The van der Waals surface area contributed by atoms with E-state index in [-0.39, 0.29) is 0 Å². The molecule has 2 rings (SSSR count). The summed E-state index contributed by atoms with van der Waals surface area (Å²) in [6, 6.07) is 0.708. The maximum Gasteiger partial charge on any atom is 0.0510 e. The van der Waals surface area contributed by atoms with Gasteiger partial charge in [-0.15, -0.1) is 0 Å². The minimum absolute atomic E-state index is 0.708. The minimum Gasteiger partial charge on any atom is -0.381 e. The first kappa shape index (κ1) is 13.4. The highest BCUT2D eigenvalue weighted by molar-refractivity contribution is 4.87. The molecule has 2 atom stereocenters. The van der Waals surface area contributed by atoms with Crippen LogP contribution in [0.1, 0.15) is 51.9 Å². The van der Waals surface area contributed by atoms with Crippen molar-refractivity contribution in [2.75, 3.05) is 20.3 Å². The van der Waals surface area contributed by atoms with Gasteiger partial charge in [0.15, 0.2) is 0 Å². The van der Waals surface area contributed by atoms with Crippen molar-refractivity contribution in [2.45, 2.75) is 57.9 Å². The maximum absolute atomic E-state index is 5.55. The number of hydrogen-bond acceptors (Lipinski definition) is 2. The van der Waals surface area contributed by atoms with Gasteiger partial charge in [0, 0.05) is 18.6 Å². The van der Waals surface area contributed by atoms with Crippen molar-refractivity contribution in [1.29, 1.82) is 0 Å². The van der Waals surface area contributed by atoms with Crippen LogP contribution in [0.4, 0.5) is 0 Å². The van der Waals surface area contributed by atoms with E-state index in [4.69, 9.17) is 4.74 Å². The SMILES string of the molecule is CCCC1CCC(C(NC)C2CCOC2)CC1. The molecule has 2 aliphatic rings. The molecule has 2 unspecified atom stereocenters. The van der Waals surface area contributed by atoms with E-state index in [0.29, 0.717) is 6.04 Å². The van der Waals surface area contributed by atoms with Gasteiger partial charge in [0.25, 0.3) is 0 Å². The molecule has 2 fully saturated rings. The summed E-state index contributed by atoms with van der Waals surface area (Å²) in [6.07, 6.45) is 9.87. The Balaban J connectivity index is 1.81. The zero-order chi connectivity index (χ0) is 12.1. The van der Waals surface area contributed by atoms with Crippen molar-refractivity contribution in [2.24, 2.45) is 17.8 Å². The molecule has 0 radical (unpaired) electrons. The molecule has 1 heterocycles. The summed E-state index contributed by atoms with van der Waals surface area (Å²) in [6.45, 7) is 4.28. The van der Waals surface area contributed by atoms with E-state index in [0.717, 1.165) is 31.0 Å². The van der Waals surface area contributed by atoms with Crippen molar-refractivity contribution in [3.8, 4) is 0 Å². The molecular formula is C15H29NO. The lowest BCUT2D eigenvalue weighted by Crippen LogP contribution is -2.42. The van der Waals surface area contributed by atoms with E-state index in [1.807, 2.05) is 0 Å². The van der Waals surface area contributed by atoms with Gasteiger partial charge in [0.2, 0.25) is 0 Å². The Hall–Kier alpha value is -0.0800. The van der Waals surface area contributed by atoms with Crippen LogP contribution in [0, 0.1) is 17.8 Å². The molecule has 1 saturated heterocycles. The van der Waals surface area contributed by atoms with E-state index in [1.54, 1.807) is 0 Å². The highest BCUT2D eigenvalue weighted by Gasteiger charge is 2.33. The van der Waals surface area contributed by atoms with Gasteiger partial charge < -0.3 is 10.1 Å². The molecular weight excluding hydrogens is 210 g/mol. The average molecular weight is 239 g/mol. The monoisotopic (exact) mass is 239 g/mol. The quantitative estimate of drug-likeness (QED) is 0.795. The van der Waals surface area contributed by atoms with Gasteiger partial charge in [0.05, 0.1) is 6.61 Å². The van der Waals surface area contributed by atoms with Crippen LogP contribution >= 0.6 is 0 Å². The fraction of sp³-hybridized carbons (Fsp3) is 1.00. The second-order valence-corrected chi connectivity index (χ2v) is 6.01. The summed E-state index contributed by atoms with van der Waals surface area (Å²) in [5, 5.41) is 3.58. The lowest BCUT2D eigenvalue weighted by molar-refractivity contribution is 0.145. The average Bonchev–Trinajstić information content (AvgIpc) is 2.86. The predicted octanol–water partition coefficient (Wildman–Crippen LogP) is 3.22. The number of hydrogen-bond donors (Lipinski definition) is 1. The molecule has 0 aromatic carbocycles. The molecule has 0 spiro atoms. The first-order valence-corrected chi connectivity index (χ1v) is 7.60. The van der Waals surface area contributed by atoms with Crippen molar-refractivity contribution in [3.63, 3.8) is 0 Å². The molecule has 1 saturated carbocycles. The highest BCUT2D eigenvalue weighted by atomic mass is 16.5. The van der Waals surface area contributed by atoms with Crippen LogP contribution in [0.25, 0.3) is 0 Å². The number of rotatable bonds is 5. The zero-order valence-corrected chi connectivity index (χ0v) is 11.6. The van der Waals surface area contributed by atoms with Gasteiger partial charge in [0.1, 0.15) is 0 Å². The third-order valence-corrected chi connectivity index (χ3v) is 4.90. The van der Waals surface area contributed by atoms with Crippen LogP contribution in [-0.2, 0) is 4.74 Å². The van der Waals surface area contributed by atoms with Crippen LogP contribution in [0.3, 0.4) is 0 Å². The molecule has 1 aliphatic heterocycles. The van der Waals surface area contributed by atoms with E-state index < -0.39 is 0 Å². The molecule has 1 N–H and O–H groups in total. The molecule has 17 heavy (non-hydrogen) atoms. The Kier molecular flexibility index (Phi) is 5.30. The second-order valence-electron chi connectivity index (χ2n) is 6.01. The van der Waals surface area contributed by atoms with Crippen molar-refractivity contribution in [1.82, 2.24) is 5.32 Å². The second kappa shape index (κ2) is 6.75. The molecule has 0 amide bonds. The molecule has 1 aliphatic carbocycles. The third-order valence-electron chi connectivity index (χ3n) is 4.90. The molecule has 0 aromatic heterocycles. The Morgan fingerprint density at radius 2 is 1.88 bits per heavy atom. The topological polar surface area (TPSA) is 21.3 Å². The lowest BCUT2D eigenvalue weighted by Gasteiger charge is -2.36. The smallest absolute Gasteiger partial charge is 0.0510 e. The van der Waals surface area contributed by atoms with Gasteiger partial charge in [-0.25, -0.2) is 0 Å². The Bertz CT molecular complexity index is 205. The fourth-order valence-electron chi connectivity index (χ4n) is 3.94. The predicted molar refractivity (Wildman–Crippen MR) is 72.1 cm³/mol. The molecule has 2 heteroatoms. The standard InChI is InChI=1S/C15H29NO/c1-3-4-12-5-7-13(8-6-12)15(16-2)14-9-10-17-11-14/h12-16H,3-11H2,1-2H3. The van der Waals surface area contributed by atoms with Crippen LogP contribution in [0.5, 0.6) is 0 Å². The Morgan fingerprint density at radius 1 is 1.12 bits per heavy atom. The summed E-state index contributed by atoms with van der Waals surface area (Å²) in [7, 11) is 2.14. The third kappa shape index (κ3) is 3.45. The first-order valence-electron chi connectivity index (χ1n) is 7.60. The molecule has 2 nitrogen and oxygen atoms in total. The lowest BCUT2D eigenvalue weighted by atomic mass is 9.74. The van der Waals surface area contributed by atoms with E-state index in [2.05, 4.69) is 19.3 Å². The van der Waals surface area contributed by atoms with E-state index in [9.17, 15) is 0 Å². The summed E-state index contributed by atoms with van der Waals surface area (Å²) >= 11 is 0. The first-order chi connectivity index (χ1) is 8.35. The fourth-order valence-corrected chi connectivity index (χ4v) is 3.94. The van der Waals surface area contributed by atoms with Crippen LogP contribution in [0.15, 0.2) is 0 Å². The molecule has 0 bridgehead atoms. The largest absolute Gasteiger partial charge is 0.381 e. The number of nitrogens with one attached hydrogen (secondary N) is 1. The van der Waals surface area contributed by atoms with Gasteiger partial charge in [-0.2, -0.15) is 0 Å². The normalized spacial score (nSPS) is 36.0. The Labute approximate surface area is 107 Å². The van der Waals surface area contributed by atoms with Crippen LogP contribution in [0.2, 0.25) is 0 Å². The maximum atomic E-state index is 5.55. The summed E-state index contributed by atoms with van der Waals surface area (Å²) in [5.74, 6) is 2.70. The minimum atomic E-state index is 0.708. The summed E-state index contributed by atoms with van der Waals surface area (Å²) in [5.41, 5.74) is 0. The van der Waals surface area contributed by atoms with Crippen LogP contribution in [-0.4, -0.2) is 26.3 Å². The van der Waals surface area contributed by atoms with Crippen LogP contribution < -0.4 is 5.32 Å². The van der Waals surface area contributed by atoms with Crippen molar-refractivity contribution in [3.05, 3.63) is 0 Å².